The van der Waals surface area contributed by atoms with Crippen molar-refractivity contribution in [3.05, 3.63) is 86.7 Å². The number of nitrogens with one attached hydrogen (secondary N) is 3. The number of hydrogen-bond donors (Lipinski definition) is 9. The zero-order valence-corrected chi connectivity index (χ0v) is 46.3. The molecule has 2 aromatic carbocycles. The molecule has 10 N–H and O–H groups in total. The van der Waals surface area contributed by atoms with Gasteiger partial charge in [0.1, 0.15) is 38.4 Å². The summed E-state index contributed by atoms with van der Waals surface area (Å²) in [6.07, 6.45) is -4.95. The van der Waals surface area contributed by atoms with E-state index in [4.69, 9.17) is 38.0 Å². The largest absolute Gasteiger partial charge is 0.479 e. The number of aliphatic hydroxyl groups excluding tert-OH is 4. The van der Waals surface area contributed by atoms with Gasteiger partial charge in [-0.2, -0.15) is 8.42 Å². The Labute approximate surface area is 469 Å². The topological polar surface area (TPSA) is 363 Å². The molecular weight excluding hydrogens is 1190 g/mol. The van der Waals surface area contributed by atoms with E-state index in [0.29, 0.717) is 23.4 Å². The predicted molar refractivity (Wildman–Crippen MR) is 283 cm³/mol. The highest BCUT2D eigenvalue weighted by Gasteiger charge is 2.48. The molecular formula is C50H61Br2N8O18S+. The zero-order chi connectivity index (χ0) is 56.5. The number of carbonyl (C=O) groups excluding carboxylic acids is 4. The SMILES string of the molecule is NS(=O)(=O)OC[C@H]1C[C@H](n2ccc3c(N[C@@H]4CCc5ccccc54)nc[n+](Cc4ccc(O[C@@H]5O[C@H](C(=O)O)[C@@H](O)[C@H](O)[C@H]5O)c(NC(=O)CCNC(=O)CCOCCOCCOCCN5C(=O)C(Br)=C(Br)C5=O)c4)c32)C[C@H]1O. The van der Waals surface area contributed by atoms with Crippen molar-refractivity contribution >= 4 is 94.3 Å². The number of carboxylic acids is 1. The van der Waals surface area contributed by atoms with Gasteiger partial charge in [0.15, 0.2) is 6.10 Å². The number of aliphatic carboxylic acids is 1. The number of fused-ring (bicyclic) bond motifs is 2. The Bertz CT molecular complexity index is 3020. The van der Waals surface area contributed by atoms with Gasteiger partial charge in [-0.1, -0.05) is 35.3 Å². The number of aliphatic hydroxyl groups is 4. The van der Waals surface area contributed by atoms with Gasteiger partial charge in [0.25, 0.3) is 11.8 Å². The third kappa shape index (κ3) is 14.9. The van der Waals surface area contributed by atoms with E-state index in [9.17, 15) is 57.9 Å². The van der Waals surface area contributed by atoms with Crippen molar-refractivity contribution in [1.82, 2.24) is 19.8 Å². The molecule has 2 fully saturated rings. The maximum absolute atomic E-state index is 13.6. The lowest BCUT2D eigenvalue weighted by molar-refractivity contribution is -0.668. The first-order valence-electron chi connectivity index (χ1n) is 25.3. The second kappa shape index (κ2) is 26.8. The van der Waals surface area contributed by atoms with Crippen molar-refractivity contribution in [2.45, 2.75) is 94.0 Å². The number of nitrogens with two attached hydrogens (primary N) is 1. The van der Waals surface area contributed by atoms with E-state index in [1.54, 1.807) is 18.5 Å². The molecule has 2 aliphatic carbocycles. The molecule has 0 radical (unpaired) electrons. The Morgan fingerprint density at radius 1 is 0.873 bits per heavy atom. The minimum Gasteiger partial charge on any atom is -0.479 e. The van der Waals surface area contributed by atoms with Crippen LogP contribution in [-0.4, -0.2) is 174 Å². The first-order chi connectivity index (χ1) is 37.8. The van der Waals surface area contributed by atoms with E-state index in [1.807, 2.05) is 33.5 Å². The molecule has 79 heavy (non-hydrogen) atoms. The number of carboxylic acid groups (broad SMARTS) is 1. The van der Waals surface area contributed by atoms with E-state index >= 15 is 0 Å². The van der Waals surface area contributed by atoms with Crippen LogP contribution in [-0.2, 0) is 70.4 Å². The second-order valence-electron chi connectivity index (χ2n) is 19.2. The average molecular weight is 1250 g/mol. The van der Waals surface area contributed by atoms with Crippen LogP contribution < -0.4 is 30.4 Å². The summed E-state index contributed by atoms with van der Waals surface area (Å²) < 4.78 is 60.1. The Kier molecular flexibility index (Phi) is 20.2. The summed E-state index contributed by atoms with van der Waals surface area (Å²) in [7, 11) is -4.26. The maximum atomic E-state index is 13.6. The molecule has 4 aliphatic rings. The number of ether oxygens (including phenoxy) is 5. The molecule has 2 aliphatic heterocycles. The number of amides is 4. The lowest BCUT2D eigenvalue weighted by Gasteiger charge is -2.38. The lowest BCUT2D eigenvalue weighted by Crippen LogP contribution is -2.61. The minimum atomic E-state index is -4.26. The molecule has 0 unspecified atom stereocenters. The second-order valence-corrected chi connectivity index (χ2v) is 22.0. The Hall–Kier alpha value is -5.54. The van der Waals surface area contributed by atoms with Gasteiger partial charge in [0.2, 0.25) is 35.9 Å². The predicted octanol–water partition coefficient (Wildman–Crippen LogP) is 0.530. The molecule has 8 rings (SSSR count). The molecule has 4 aromatic rings. The number of anilines is 2. The Morgan fingerprint density at radius 2 is 1.58 bits per heavy atom. The number of imide groups is 1. The molecule has 1 saturated carbocycles. The van der Waals surface area contributed by atoms with Crippen LogP contribution in [0.25, 0.3) is 11.0 Å². The van der Waals surface area contributed by atoms with Crippen molar-refractivity contribution in [2.24, 2.45) is 11.1 Å². The van der Waals surface area contributed by atoms with Crippen molar-refractivity contribution in [2.75, 3.05) is 70.0 Å². The fourth-order valence-electron chi connectivity index (χ4n) is 9.78. The summed E-state index contributed by atoms with van der Waals surface area (Å²) in [5.74, 6) is -3.57. The maximum Gasteiger partial charge on any atom is 0.335 e. The fraction of sp³-hybridized carbons (Fsp3) is 0.500. The molecule has 0 bridgehead atoms. The van der Waals surface area contributed by atoms with Gasteiger partial charge in [0.05, 0.1) is 89.4 Å². The van der Waals surface area contributed by atoms with Crippen LogP contribution in [0.1, 0.15) is 60.9 Å². The molecule has 4 amide bonds. The number of halogens is 2. The number of hydrogen-bond acceptors (Lipinski definition) is 19. The van der Waals surface area contributed by atoms with Crippen molar-refractivity contribution in [3.63, 3.8) is 0 Å². The zero-order valence-electron chi connectivity index (χ0n) is 42.4. The van der Waals surface area contributed by atoms with E-state index in [-0.39, 0.29) is 118 Å². The van der Waals surface area contributed by atoms with Gasteiger partial charge in [-0.25, -0.2) is 14.5 Å². The third-order valence-corrected chi connectivity index (χ3v) is 16.3. The number of rotatable bonds is 27. The van der Waals surface area contributed by atoms with Crippen LogP contribution in [0.2, 0.25) is 0 Å². The van der Waals surface area contributed by atoms with Gasteiger partial charge < -0.3 is 65.2 Å². The van der Waals surface area contributed by atoms with E-state index < -0.39 is 82.6 Å². The smallest absolute Gasteiger partial charge is 0.335 e. The van der Waals surface area contributed by atoms with Gasteiger partial charge >= 0.3 is 16.3 Å². The van der Waals surface area contributed by atoms with E-state index in [1.165, 1.54) is 11.6 Å². The van der Waals surface area contributed by atoms with Crippen molar-refractivity contribution < 1.29 is 90.4 Å². The fourth-order valence-corrected chi connectivity index (χ4v) is 10.9. The molecule has 4 heterocycles. The minimum absolute atomic E-state index is 0.0227. The number of aromatic nitrogens is 3. The molecule has 0 spiro atoms. The molecule has 1 saturated heterocycles. The third-order valence-electron chi connectivity index (χ3n) is 13.8. The quantitative estimate of drug-likeness (QED) is 0.0223. The van der Waals surface area contributed by atoms with Crippen molar-refractivity contribution in [3.8, 4) is 5.75 Å². The summed E-state index contributed by atoms with van der Waals surface area (Å²) >= 11 is 6.14. The summed E-state index contributed by atoms with van der Waals surface area (Å²) in [4.78, 5) is 68.2. The number of benzene rings is 2. The van der Waals surface area contributed by atoms with Crippen LogP contribution >= 0.6 is 31.9 Å². The Balaban J connectivity index is 0.912. The molecule has 2 aromatic heterocycles. The summed E-state index contributed by atoms with van der Waals surface area (Å²) in [6.45, 7) is 0.819. The van der Waals surface area contributed by atoms with Gasteiger partial charge in [-0.15, -0.1) is 0 Å². The van der Waals surface area contributed by atoms with Gasteiger partial charge in [-0.3, -0.25) is 32.8 Å². The molecule has 26 nitrogen and oxygen atoms in total. The summed E-state index contributed by atoms with van der Waals surface area (Å²) in [5, 5.41) is 67.3. The number of aryl methyl sites for hydroxylation is 1. The number of nitrogens with zero attached hydrogens (tertiary/aromatic N) is 4. The molecule has 29 heteroatoms. The van der Waals surface area contributed by atoms with Gasteiger partial charge in [-0.05, 0) is 86.0 Å². The van der Waals surface area contributed by atoms with E-state index in [2.05, 4.69) is 59.9 Å². The standard InChI is InChI=1S/C50H60Br2N8O18S/c51-39-40(52)48(68)60(47(39)67)14-16-74-18-20-75-19-17-73-15-11-37(62)54-12-9-38(63)56-34-21-27(5-8-36(34)77-50-43(66)41(64)42(65)44(78-50)49(69)70)24-58-26-55-45(57-33-7-6-28-3-1-2-4-31(28)33)32-10-13-59(46(32)58)30-22-29(35(61)23-30)25-76-79(53,71)72/h1-5,8,10,13,21,26,29-30,33,35,41-44,50,61,64-66H,6-7,9,11-12,14-20,22-25H2,(H5,53,54,56,62,63,69,70,71,72)/p+1/t29-,30+,33-,35-,41+,42+,43-,44+,50-/m1/s1. The van der Waals surface area contributed by atoms with Crippen LogP contribution in [0.4, 0.5) is 11.5 Å². The first-order valence-corrected chi connectivity index (χ1v) is 28.4. The summed E-state index contributed by atoms with van der Waals surface area (Å²) in [5.41, 5.74) is 3.69. The van der Waals surface area contributed by atoms with Crippen molar-refractivity contribution in [1.29, 1.82) is 0 Å². The van der Waals surface area contributed by atoms with E-state index in [0.717, 1.165) is 28.7 Å². The highest BCUT2D eigenvalue weighted by atomic mass is 79.9. The highest BCUT2D eigenvalue weighted by Crippen LogP contribution is 2.40. The molecule has 428 valence electrons. The Morgan fingerprint density at radius 3 is 2.30 bits per heavy atom. The first kappa shape index (κ1) is 59.6. The van der Waals surface area contributed by atoms with Crippen LogP contribution in [0.3, 0.4) is 0 Å². The monoisotopic (exact) mass is 1250 g/mol. The van der Waals surface area contributed by atoms with Crippen LogP contribution in [0.5, 0.6) is 5.75 Å². The van der Waals surface area contributed by atoms with Crippen LogP contribution in [0, 0.1) is 5.92 Å². The number of carbonyl (C=O) groups is 5. The van der Waals surface area contributed by atoms with Crippen LogP contribution in [0.15, 0.2) is 70.0 Å². The molecule has 9 atom stereocenters. The average Bonchev–Trinajstić information content (AvgIpc) is 4.27. The lowest BCUT2D eigenvalue weighted by atomic mass is 9.99. The van der Waals surface area contributed by atoms with Gasteiger partial charge in [0, 0.05) is 31.7 Å². The normalized spacial score (nSPS) is 24.1. The highest BCUT2D eigenvalue weighted by molar-refractivity contribution is 9.14. The summed E-state index contributed by atoms with van der Waals surface area (Å²) in [6, 6.07) is 14.4.